The van der Waals surface area contributed by atoms with Crippen molar-refractivity contribution in [1.82, 2.24) is 15.1 Å². The maximum Gasteiger partial charge on any atom is 0.233 e. The van der Waals surface area contributed by atoms with Crippen LogP contribution in [0, 0.1) is 11.8 Å². The van der Waals surface area contributed by atoms with Crippen molar-refractivity contribution in [3.8, 4) is 0 Å². The SMILES string of the molecule is CC(C)Cc1nnc([C@H](C)N2CCC([C@@H](O)c3ccccc3)CC2)o1. The molecule has 0 aliphatic carbocycles. The van der Waals surface area contributed by atoms with E-state index in [1.807, 2.05) is 30.3 Å². The van der Waals surface area contributed by atoms with Crippen LogP contribution in [0.5, 0.6) is 0 Å². The first-order chi connectivity index (χ1) is 12.0. The van der Waals surface area contributed by atoms with E-state index in [-0.39, 0.29) is 12.1 Å². The zero-order chi connectivity index (χ0) is 17.8. The van der Waals surface area contributed by atoms with Crippen molar-refractivity contribution < 1.29 is 9.52 Å². The van der Waals surface area contributed by atoms with E-state index in [4.69, 9.17) is 4.42 Å². The molecule has 0 radical (unpaired) electrons. The lowest BCUT2D eigenvalue weighted by Crippen LogP contribution is -2.37. The van der Waals surface area contributed by atoms with Crippen LogP contribution in [0.15, 0.2) is 34.7 Å². The number of hydrogen-bond donors (Lipinski definition) is 1. The Kier molecular flexibility index (Phi) is 5.86. The summed E-state index contributed by atoms with van der Waals surface area (Å²) in [6.07, 6.45) is 2.41. The Morgan fingerprint density at radius 3 is 2.44 bits per heavy atom. The summed E-state index contributed by atoms with van der Waals surface area (Å²) >= 11 is 0. The largest absolute Gasteiger partial charge is 0.424 e. The average Bonchev–Trinajstić information content (AvgIpc) is 3.09. The smallest absolute Gasteiger partial charge is 0.233 e. The van der Waals surface area contributed by atoms with Gasteiger partial charge in [0.15, 0.2) is 0 Å². The molecule has 0 saturated carbocycles. The lowest BCUT2D eigenvalue weighted by atomic mass is 9.87. The molecule has 1 aromatic carbocycles. The molecule has 2 atom stereocenters. The highest BCUT2D eigenvalue weighted by Gasteiger charge is 2.30. The summed E-state index contributed by atoms with van der Waals surface area (Å²) in [4.78, 5) is 2.38. The van der Waals surface area contributed by atoms with Gasteiger partial charge in [0.25, 0.3) is 0 Å². The fourth-order valence-electron chi connectivity index (χ4n) is 3.57. The summed E-state index contributed by atoms with van der Waals surface area (Å²) in [5.74, 6) is 2.26. The first kappa shape index (κ1) is 18.1. The van der Waals surface area contributed by atoms with Crippen molar-refractivity contribution >= 4 is 0 Å². The van der Waals surface area contributed by atoms with E-state index < -0.39 is 0 Å². The molecule has 5 heteroatoms. The van der Waals surface area contributed by atoms with Crippen LogP contribution < -0.4 is 0 Å². The molecule has 1 fully saturated rings. The van der Waals surface area contributed by atoms with Gasteiger partial charge in [-0.3, -0.25) is 4.90 Å². The van der Waals surface area contributed by atoms with Crippen LogP contribution in [0.25, 0.3) is 0 Å². The van der Waals surface area contributed by atoms with Gasteiger partial charge in [-0.1, -0.05) is 44.2 Å². The minimum atomic E-state index is -0.375. The van der Waals surface area contributed by atoms with Crippen LogP contribution in [0.4, 0.5) is 0 Å². The van der Waals surface area contributed by atoms with Crippen molar-refractivity contribution in [2.75, 3.05) is 13.1 Å². The molecule has 0 spiro atoms. The Balaban J connectivity index is 1.55. The fourth-order valence-corrected chi connectivity index (χ4v) is 3.57. The first-order valence-electron chi connectivity index (χ1n) is 9.34. The van der Waals surface area contributed by atoms with Crippen LogP contribution in [0.1, 0.15) is 63.1 Å². The fraction of sp³-hybridized carbons (Fsp3) is 0.600. The van der Waals surface area contributed by atoms with Crippen molar-refractivity contribution in [1.29, 1.82) is 0 Å². The average molecular weight is 343 g/mol. The number of aromatic nitrogens is 2. The van der Waals surface area contributed by atoms with E-state index in [0.29, 0.717) is 17.7 Å². The summed E-state index contributed by atoms with van der Waals surface area (Å²) in [5.41, 5.74) is 1.02. The number of aliphatic hydroxyl groups is 1. The number of piperidine rings is 1. The Morgan fingerprint density at radius 1 is 1.12 bits per heavy atom. The number of hydrogen-bond acceptors (Lipinski definition) is 5. The number of likely N-dealkylation sites (tertiary alicyclic amines) is 1. The van der Waals surface area contributed by atoms with Crippen molar-refractivity contribution in [2.45, 2.75) is 52.2 Å². The number of rotatable bonds is 6. The summed E-state index contributed by atoms with van der Waals surface area (Å²) in [5, 5.41) is 19.0. The highest BCUT2D eigenvalue weighted by molar-refractivity contribution is 5.18. The lowest BCUT2D eigenvalue weighted by molar-refractivity contribution is 0.0429. The second-order valence-electron chi connectivity index (χ2n) is 7.54. The van der Waals surface area contributed by atoms with Crippen molar-refractivity contribution in [3.63, 3.8) is 0 Å². The van der Waals surface area contributed by atoms with Crippen LogP contribution in [-0.4, -0.2) is 33.3 Å². The maximum atomic E-state index is 10.6. The topological polar surface area (TPSA) is 62.4 Å². The molecule has 1 aliphatic rings. The molecule has 136 valence electrons. The second kappa shape index (κ2) is 8.11. The Morgan fingerprint density at radius 2 is 1.80 bits per heavy atom. The van der Waals surface area contributed by atoms with E-state index in [0.717, 1.165) is 43.8 Å². The third-order valence-corrected chi connectivity index (χ3v) is 5.13. The molecule has 3 rings (SSSR count). The van der Waals surface area contributed by atoms with Gasteiger partial charge in [0, 0.05) is 6.42 Å². The molecule has 1 aliphatic heterocycles. The third-order valence-electron chi connectivity index (χ3n) is 5.13. The standard InChI is InChI=1S/C20H29N3O2/c1-14(2)13-18-21-22-20(25-18)15(3)23-11-9-17(10-12-23)19(24)16-7-5-4-6-8-16/h4-8,14-15,17,19,24H,9-13H2,1-3H3/t15-,19-/m0/s1. The predicted octanol–water partition coefficient (Wildman–Crippen LogP) is 3.77. The van der Waals surface area contributed by atoms with Crippen LogP contribution in [-0.2, 0) is 6.42 Å². The molecule has 1 aromatic heterocycles. The number of benzene rings is 1. The molecule has 1 N–H and O–H groups in total. The van der Waals surface area contributed by atoms with E-state index in [2.05, 4.69) is 35.9 Å². The van der Waals surface area contributed by atoms with Gasteiger partial charge in [0.1, 0.15) is 0 Å². The van der Waals surface area contributed by atoms with Gasteiger partial charge in [0.05, 0.1) is 12.1 Å². The van der Waals surface area contributed by atoms with E-state index in [9.17, 15) is 5.11 Å². The van der Waals surface area contributed by atoms with Crippen molar-refractivity contribution in [3.05, 3.63) is 47.7 Å². The summed E-state index contributed by atoms with van der Waals surface area (Å²) in [6.45, 7) is 8.31. The first-order valence-corrected chi connectivity index (χ1v) is 9.34. The summed E-state index contributed by atoms with van der Waals surface area (Å²) in [7, 11) is 0. The highest BCUT2D eigenvalue weighted by Crippen LogP contribution is 2.33. The zero-order valence-corrected chi connectivity index (χ0v) is 15.4. The molecule has 0 amide bonds. The number of aliphatic hydroxyl groups excluding tert-OH is 1. The second-order valence-corrected chi connectivity index (χ2v) is 7.54. The van der Waals surface area contributed by atoms with E-state index >= 15 is 0 Å². The minimum absolute atomic E-state index is 0.128. The van der Waals surface area contributed by atoms with Gasteiger partial charge in [-0.25, -0.2) is 0 Å². The van der Waals surface area contributed by atoms with Gasteiger partial charge in [-0.2, -0.15) is 0 Å². The minimum Gasteiger partial charge on any atom is -0.424 e. The van der Waals surface area contributed by atoms with Gasteiger partial charge in [-0.15, -0.1) is 10.2 Å². The predicted molar refractivity (Wildman–Crippen MR) is 97.0 cm³/mol. The van der Waals surface area contributed by atoms with E-state index in [1.165, 1.54) is 0 Å². The Hall–Kier alpha value is -1.72. The molecule has 0 unspecified atom stereocenters. The highest BCUT2D eigenvalue weighted by atomic mass is 16.4. The summed E-state index contributed by atoms with van der Waals surface area (Å²) < 4.78 is 5.84. The molecule has 5 nitrogen and oxygen atoms in total. The third kappa shape index (κ3) is 4.47. The zero-order valence-electron chi connectivity index (χ0n) is 15.4. The molecule has 2 aromatic rings. The van der Waals surface area contributed by atoms with Gasteiger partial charge >= 0.3 is 0 Å². The number of nitrogens with zero attached hydrogens (tertiary/aromatic N) is 3. The monoisotopic (exact) mass is 343 g/mol. The molecular weight excluding hydrogens is 314 g/mol. The summed E-state index contributed by atoms with van der Waals surface area (Å²) in [6, 6.07) is 10.1. The molecular formula is C20H29N3O2. The maximum absolute atomic E-state index is 10.6. The molecule has 25 heavy (non-hydrogen) atoms. The molecule has 2 heterocycles. The van der Waals surface area contributed by atoms with Gasteiger partial charge in [0.2, 0.25) is 11.8 Å². The lowest BCUT2D eigenvalue weighted by Gasteiger charge is -2.36. The van der Waals surface area contributed by atoms with Crippen molar-refractivity contribution in [2.24, 2.45) is 11.8 Å². The van der Waals surface area contributed by atoms with Crippen LogP contribution in [0.3, 0.4) is 0 Å². The van der Waals surface area contributed by atoms with Crippen LogP contribution >= 0.6 is 0 Å². The normalized spacial score (nSPS) is 19.2. The molecule has 1 saturated heterocycles. The van der Waals surface area contributed by atoms with Gasteiger partial charge in [-0.05, 0) is 50.3 Å². The quantitative estimate of drug-likeness (QED) is 0.865. The van der Waals surface area contributed by atoms with Gasteiger partial charge < -0.3 is 9.52 Å². The van der Waals surface area contributed by atoms with Crippen LogP contribution in [0.2, 0.25) is 0 Å². The Bertz CT molecular complexity index is 648. The van der Waals surface area contributed by atoms with E-state index in [1.54, 1.807) is 0 Å². The molecule has 0 bridgehead atoms. The Labute approximate surface area is 150 Å².